The van der Waals surface area contributed by atoms with Crippen molar-refractivity contribution < 1.29 is 9.53 Å². The van der Waals surface area contributed by atoms with Crippen molar-refractivity contribution in [3.8, 4) is 0 Å². The normalized spacial score (nSPS) is 20.5. The molecule has 0 bridgehead atoms. The fourth-order valence-corrected chi connectivity index (χ4v) is 2.91. The first-order chi connectivity index (χ1) is 9.20. The van der Waals surface area contributed by atoms with Crippen molar-refractivity contribution in [3.05, 3.63) is 35.9 Å². The summed E-state index contributed by atoms with van der Waals surface area (Å²) in [6, 6.07) is 10.0. The van der Waals surface area contributed by atoms with E-state index in [2.05, 4.69) is 12.6 Å². The number of hydrogen-bond donors (Lipinski definition) is 1. The van der Waals surface area contributed by atoms with Gasteiger partial charge in [-0.25, -0.2) is 0 Å². The zero-order chi connectivity index (χ0) is 13.7. The molecular formula is C15H21NO2S. The third kappa shape index (κ3) is 3.98. The van der Waals surface area contributed by atoms with Gasteiger partial charge >= 0.3 is 0 Å². The Hall–Kier alpha value is -1.00. The van der Waals surface area contributed by atoms with Gasteiger partial charge in [0.15, 0.2) is 0 Å². The van der Waals surface area contributed by atoms with Crippen LogP contribution in [0.25, 0.3) is 0 Å². The monoisotopic (exact) mass is 279 g/mol. The van der Waals surface area contributed by atoms with Crippen molar-refractivity contribution in [1.82, 2.24) is 4.90 Å². The van der Waals surface area contributed by atoms with Gasteiger partial charge in [-0.2, -0.15) is 12.6 Å². The summed E-state index contributed by atoms with van der Waals surface area (Å²) < 4.78 is 5.15. The number of methoxy groups -OCH3 is 1. The number of carbonyl (C=O) groups excluding carboxylic acids is 1. The number of thiol groups is 1. The maximum absolute atomic E-state index is 12.3. The number of carbonyl (C=O) groups is 1. The predicted octanol–water partition coefficient (Wildman–Crippen LogP) is 2.02. The molecule has 0 radical (unpaired) electrons. The van der Waals surface area contributed by atoms with E-state index >= 15 is 0 Å². The molecule has 1 aromatic carbocycles. The van der Waals surface area contributed by atoms with Crippen molar-refractivity contribution in [1.29, 1.82) is 0 Å². The highest BCUT2D eigenvalue weighted by atomic mass is 32.1. The van der Waals surface area contributed by atoms with E-state index in [1.54, 1.807) is 7.11 Å². The van der Waals surface area contributed by atoms with Gasteiger partial charge in [-0.15, -0.1) is 0 Å². The molecule has 2 unspecified atom stereocenters. The third-order valence-electron chi connectivity index (χ3n) is 3.56. The first kappa shape index (κ1) is 14.4. The van der Waals surface area contributed by atoms with Gasteiger partial charge in [0.2, 0.25) is 5.91 Å². The van der Waals surface area contributed by atoms with Crippen LogP contribution in [0.15, 0.2) is 30.3 Å². The summed E-state index contributed by atoms with van der Waals surface area (Å²) in [5.41, 5.74) is 1.16. The van der Waals surface area contributed by atoms with Crippen LogP contribution in [-0.2, 0) is 16.0 Å². The SMILES string of the molecule is COCC1CCN(C(=O)C(S)Cc2ccccc2)C1. The zero-order valence-electron chi connectivity index (χ0n) is 11.3. The number of benzene rings is 1. The summed E-state index contributed by atoms with van der Waals surface area (Å²) in [4.78, 5) is 14.2. The van der Waals surface area contributed by atoms with Crippen molar-refractivity contribution in [2.24, 2.45) is 5.92 Å². The maximum atomic E-state index is 12.3. The molecule has 3 nitrogen and oxygen atoms in total. The Bertz CT molecular complexity index is 410. The van der Waals surface area contributed by atoms with Gasteiger partial charge < -0.3 is 9.64 Å². The number of likely N-dealkylation sites (tertiary alicyclic amines) is 1. The first-order valence-corrected chi connectivity index (χ1v) is 7.22. The van der Waals surface area contributed by atoms with Crippen molar-refractivity contribution in [3.63, 3.8) is 0 Å². The number of amides is 1. The van der Waals surface area contributed by atoms with Gasteiger partial charge in [0.05, 0.1) is 11.9 Å². The number of hydrogen-bond acceptors (Lipinski definition) is 3. The average Bonchev–Trinajstić information content (AvgIpc) is 2.88. The van der Waals surface area contributed by atoms with Crippen LogP contribution in [-0.4, -0.2) is 42.9 Å². The number of rotatable bonds is 5. The van der Waals surface area contributed by atoms with E-state index in [-0.39, 0.29) is 11.2 Å². The smallest absolute Gasteiger partial charge is 0.235 e. The maximum Gasteiger partial charge on any atom is 0.235 e. The van der Waals surface area contributed by atoms with Crippen LogP contribution in [0.4, 0.5) is 0 Å². The minimum absolute atomic E-state index is 0.144. The molecule has 1 aliphatic rings. The molecule has 1 aromatic rings. The third-order valence-corrected chi connectivity index (χ3v) is 3.96. The van der Waals surface area contributed by atoms with Crippen LogP contribution in [0.5, 0.6) is 0 Å². The van der Waals surface area contributed by atoms with Crippen molar-refractivity contribution in [2.45, 2.75) is 18.1 Å². The molecule has 2 rings (SSSR count). The van der Waals surface area contributed by atoms with Crippen molar-refractivity contribution >= 4 is 18.5 Å². The Morgan fingerprint density at radius 3 is 2.89 bits per heavy atom. The molecule has 1 saturated heterocycles. The molecule has 2 atom stereocenters. The Morgan fingerprint density at radius 2 is 2.21 bits per heavy atom. The molecular weight excluding hydrogens is 258 g/mol. The molecule has 0 saturated carbocycles. The highest BCUT2D eigenvalue weighted by molar-refractivity contribution is 7.81. The second-order valence-electron chi connectivity index (χ2n) is 5.10. The number of ether oxygens (including phenoxy) is 1. The van der Waals surface area contributed by atoms with Gasteiger partial charge in [0, 0.05) is 26.1 Å². The van der Waals surface area contributed by atoms with Crippen LogP contribution in [0.1, 0.15) is 12.0 Å². The van der Waals surface area contributed by atoms with Crippen LogP contribution in [0.2, 0.25) is 0 Å². The topological polar surface area (TPSA) is 29.5 Å². The van der Waals surface area contributed by atoms with Crippen LogP contribution in [0.3, 0.4) is 0 Å². The Labute approximate surface area is 120 Å². The molecule has 0 N–H and O–H groups in total. The summed E-state index contributed by atoms with van der Waals surface area (Å²) in [5.74, 6) is 0.622. The van der Waals surface area contributed by atoms with E-state index in [9.17, 15) is 4.79 Å². The highest BCUT2D eigenvalue weighted by Gasteiger charge is 2.29. The fraction of sp³-hybridized carbons (Fsp3) is 0.533. The molecule has 0 spiro atoms. The Balaban J connectivity index is 1.86. The lowest BCUT2D eigenvalue weighted by atomic mass is 10.1. The second kappa shape index (κ2) is 6.96. The molecule has 1 amide bonds. The first-order valence-electron chi connectivity index (χ1n) is 6.70. The summed E-state index contributed by atoms with van der Waals surface area (Å²) in [6.45, 7) is 2.37. The summed E-state index contributed by atoms with van der Waals surface area (Å²) in [6.07, 6.45) is 1.72. The molecule has 4 heteroatoms. The minimum atomic E-state index is -0.247. The van der Waals surface area contributed by atoms with Crippen molar-refractivity contribution in [2.75, 3.05) is 26.8 Å². The van der Waals surface area contributed by atoms with Gasteiger partial charge in [0.1, 0.15) is 0 Å². The second-order valence-corrected chi connectivity index (χ2v) is 5.72. The van der Waals surface area contributed by atoms with Gasteiger partial charge in [-0.05, 0) is 18.4 Å². The standard InChI is InChI=1S/C15H21NO2S/c1-18-11-13-7-8-16(10-13)15(17)14(19)9-12-5-3-2-4-6-12/h2-6,13-14,19H,7-11H2,1H3. The lowest BCUT2D eigenvalue weighted by Crippen LogP contribution is -2.36. The molecule has 104 valence electrons. The Morgan fingerprint density at radius 1 is 1.47 bits per heavy atom. The van der Waals surface area contributed by atoms with E-state index in [1.165, 1.54) is 0 Å². The predicted molar refractivity (Wildman–Crippen MR) is 79.5 cm³/mol. The molecule has 19 heavy (non-hydrogen) atoms. The van der Waals surface area contributed by atoms with E-state index in [1.807, 2.05) is 35.2 Å². The van der Waals surface area contributed by atoms with Gasteiger partial charge in [-0.3, -0.25) is 4.79 Å². The van der Waals surface area contributed by atoms with Crippen LogP contribution < -0.4 is 0 Å². The quantitative estimate of drug-likeness (QED) is 0.836. The van der Waals surface area contributed by atoms with E-state index < -0.39 is 0 Å². The molecule has 0 aromatic heterocycles. The Kier molecular flexibility index (Phi) is 5.28. The van der Waals surface area contributed by atoms with E-state index in [0.29, 0.717) is 12.3 Å². The fourth-order valence-electron chi connectivity index (χ4n) is 2.54. The lowest BCUT2D eigenvalue weighted by molar-refractivity contribution is -0.129. The summed E-state index contributed by atoms with van der Waals surface area (Å²) in [7, 11) is 1.71. The summed E-state index contributed by atoms with van der Waals surface area (Å²) in [5, 5.41) is -0.247. The molecule has 0 aliphatic carbocycles. The zero-order valence-corrected chi connectivity index (χ0v) is 12.2. The van der Waals surface area contributed by atoms with Crippen LogP contribution >= 0.6 is 12.6 Å². The minimum Gasteiger partial charge on any atom is -0.384 e. The molecule has 1 aliphatic heterocycles. The largest absolute Gasteiger partial charge is 0.384 e. The molecule has 1 fully saturated rings. The molecule has 1 heterocycles. The lowest BCUT2D eigenvalue weighted by Gasteiger charge is -2.20. The van der Waals surface area contributed by atoms with Crippen LogP contribution in [0, 0.1) is 5.92 Å². The van der Waals surface area contributed by atoms with E-state index in [0.717, 1.165) is 31.7 Å². The van der Waals surface area contributed by atoms with E-state index in [4.69, 9.17) is 4.74 Å². The average molecular weight is 279 g/mol. The van der Waals surface area contributed by atoms with Gasteiger partial charge in [-0.1, -0.05) is 30.3 Å². The van der Waals surface area contributed by atoms with Gasteiger partial charge in [0.25, 0.3) is 0 Å². The number of nitrogens with zero attached hydrogens (tertiary/aromatic N) is 1. The highest BCUT2D eigenvalue weighted by Crippen LogP contribution is 2.19. The summed E-state index contributed by atoms with van der Waals surface area (Å²) >= 11 is 4.47.